The Kier molecular flexibility index (Phi) is 4.11. The Morgan fingerprint density at radius 2 is 1.50 bits per heavy atom. The van der Waals surface area contributed by atoms with Gasteiger partial charge in [-0.25, -0.2) is 0 Å². The van der Waals surface area contributed by atoms with Crippen LogP contribution in [0.4, 0.5) is 0 Å². The van der Waals surface area contributed by atoms with Gasteiger partial charge in [0.15, 0.2) is 0 Å². The summed E-state index contributed by atoms with van der Waals surface area (Å²) in [5, 5.41) is 1.51. The maximum absolute atomic E-state index is 5.51. The van der Waals surface area contributed by atoms with Gasteiger partial charge in [-0.15, -0.1) is 0 Å². The van der Waals surface area contributed by atoms with Crippen molar-refractivity contribution in [3.8, 4) is 0 Å². The molecule has 0 nitrogen and oxygen atoms in total. The minimum atomic E-state index is 0. The molecule has 0 amide bonds. The van der Waals surface area contributed by atoms with E-state index in [0.29, 0.717) is 0 Å². The van der Waals surface area contributed by atoms with Crippen LogP contribution in [0.15, 0.2) is 15.8 Å². The zero-order valence-corrected chi connectivity index (χ0v) is 7.77. The van der Waals surface area contributed by atoms with Gasteiger partial charge in [0.05, 0.1) is 10.1 Å². The summed E-state index contributed by atoms with van der Waals surface area (Å²) in [5.74, 6) is 0. The van der Waals surface area contributed by atoms with Crippen molar-refractivity contribution in [2.45, 2.75) is 12.8 Å². The van der Waals surface area contributed by atoms with Crippen LogP contribution in [0.5, 0.6) is 0 Å². The second-order valence-corrected chi connectivity index (χ2v) is 2.35. The van der Waals surface area contributed by atoms with Gasteiger partial charge in [-0.2, -0.15) is 0 Å². The van der Waals surface area contributed by atoms with Crippen molar-refractivity contribution in [1.29, 1.82) is 0 Å². The molecule has 8 heavy (non-hydrogen) atoms. The molecule has 0 aromatic rings. The quantitative estimate of drug-likeness (QED) is 0.599. The molecule has 0 N–H and O–H groups in total. The maximum Gasteiger partial charge on any atom is 2.00 e. The standard InChI is InChI=1S/C5H4Cl2.Pt/c6-4-1-2-5(7)3-4;/h1-2H2;/q;+2. The average molecular weight is 330 g/mol. The van der Waals surface area contributed by atoms with Crippen LogP contribution in [-0.4, -0.2) is 0 Å². The second kappa shape index (κ2) is 3.75. The Balaban J connectivity index is 0.000000490. The molecule has 0 aromatic carbocycles. The monoisotopic (exact) mass is 329 g/mol. The predicted molar refractivity (Wildman–Crippen MR) is 31.5 cm³/mol. The van der Waals surface area contributed by atoms with Crippen molar-refractivity contribution in [2.75, 3.05) is 0 Å². The topological polar surface area (TPSA) is 0 Å². The zero-order valence-electron chi connectivity index (χ0n) is 3.99. The van der Waals surface area contributed by atoms with Crippen LogP contribution in [-0.2, 0) is 21.1 Å². The van der Waals surface area contributed by atoms with Gasteiger partial charge in [0.1, 0.15) is 0 Å². The van der Waals surface area contributed by atoms with Gasteiger partial charge >= 0.3 is 21.1 Å². The van der Waals surface area contributed by atoms with Gasteiger partial charge in [-0.1, -0.05) is 28.9 Å². The molecule has 0 radical (unpaired) electrons. The molecule has 1 aliphatic carbocycles. The Morgan fingerprint density at radius 1 is 1.12 bits per heavy atom. The number of halogens is 2. The van der Waals surface area contributed by atoms with Gasteiger partial charge < -0.3 is 0 Å². The Hall–Kier alpha value is 0.788. The van der Waals surface area contributed by atoms with E-state index in [0.717, 1.165) is 22.9 Å². The molecule has 0 unspecified atom stereocenters. The first-order chi connectivity index (χ1) is 3.29. The fourth-order valence-corrected chi connectivity index (χ4v) is 0.957. The van der Waals surface area contributed by atoms with Gasteiger partial charge in [-0.3, -0.25) is 0 Å². The third-order valence-corrected chi connectivity index (χ3v) is 1.40. The molecule has 0 aromatic heterocycles. The fourth-order valence-electron chi connectivity index (χ4n) is 0.492. The van der Waals surface area contributed by atoms with Crippen LogP contribution < -0.4 is 0 Å². The molecule has 0 bridgehead atoms. The summed E-state index contributed by atoms with van der Waals surface area (Å²) in [4.78, 5) is 0. The first-order valence-electron chi connectivity index (χ1n) is 2.09. The molecule has 3 heteroatoms. The molecule has 46 valence electrons. The molecular formula is C5H4Cl2Pt+2. The number of rotatable bonds is 0. The summed E-state index contributed by atoms with van der Waals surface area (Å²) >= 11 is 11.0. The maximum atomic E-state index is 5.51. The van der Waals surface area contributed by atoms with E-state index < -0.39 is 0 Å². The molecule has 1 aliphatic rings. The second-order valence-electron chi connectivity index (χ2n) is 1.43. The van der Waals surface area contributed by atoms with E-state index in [1.54, 1.807) is 0 Å². The first-order valence-corrected chi connectivity index (χ1v) is 2.84. The van der Waals surface area contributed by atoms with Crippen LogP contribution >= 0.6 is 23.2 Å². The van der Waals surface area contributed by atoms with E-state index in [9.17, 15) is 0 Å². The van der Waals surface area contributed by atoms with E-state index in [1.165, 1.54) is 0 Å². The Labute approximate surface area is 72.8 Å². The molecule has 0 heterocycles. The van der Waals surface area contributed by atoms with Crippen molar-refractivity contribution in [3.05, 3.63) is 15.8 Å². The summed E-state index contributed by atoms with van der Waals surface area (Å²) in [7, 11) is 0. The third-order valence-electron chi connectivity index (χ3n) is 0.835. The van der Waals surface area contributed by atoms with Gasteiger partial charge in [-0.05, 0) is 12.8 Å². The van der Waals surface area contributed by atoms with E-state index in [1.807, 2.05) is 0 Å². The van der Waals surface area contributed by atoms with Gasteiger partial charge in [0.25, 0.3) is 0 Å². The van der Waals surface area contributed by atoms with Crippen molar-refractivity contribution < 1.29 is 21.1 Å². The fraction of sp³-hybridized carbons (Fsp3) is 0.400. The minimum Gasteiger partial charge on any atom is -0.0891 e. The van der Waals surface area contributed by atoms with E-state index in [4.69, 9.17) is 23.2 Å². The summed E-state index contributed by atoms with van der Waals surface area (Å²) in [5.41, 5.74) is 2.78. The predicted octanol–water partition coefficient (Wildman–Crippen LogP) is 2.62. The van der Waals surface area contributed by atoms with Crippen molar-refractivity contribution >= 4 is 23.2 Å². The Bertz CT molecular complexity index is 131. The van der Waals surface area contributed by atoms with Crippen molar-refractivity contribution in [2.24, 2.45) is 0 Å². The molecule has 0 atom stereocenters. The molecule has 1 rings (SSSR count). The minimum absolute atomic E-state index is 0. The zero-order chi connectivity index (χ0) is 5.28. The molecule has 0 fully saturated rings. The largest absolute Gasteiger partial charge is 2.00 e. The summed E-state index contributed by atoms with van der Waals surface area (Å²) in [6.07, 6.45) is 1.75. The average Bonchev–Trinajstić information content (AvgIpc) is 1.87. The molecular weight excluding hydrogens is 326 g/mol. The summed E-state index contributed by atoms with van der Waals surface area (Å²) < 4.78 is 0. The van der Waals surface area contributed by atoms with Crippen molar-refractivity contribution in [1.82, 2.24) is 0 Å². The van der Waals surface area contributed by atoms with E-state index in [2.05, 4.69) is 5.73 Å². The van der Waals surface area contributed by atoms with Crippen LogP contribution in [0, 0.1) is 0 Å². The van der Waals surface area contributed by atoms with Crippen molar-refractivity contribution in [3.63, 3.8) is 0 Å². The molecule has 0 saturated heterocycles. The van der Waals surface area contributed by atoms with Crippen LogP contribution in [0.25, 0.3) is 0 Å². The van der Waals surface area contributed by atoms with Gasteiger partial charge in [0, 0.05) is 0 Å². The van der Waals surface area contributed by atoms with Crippen LogP contribution in [0.1, 0.15) is 12.8 Å². The summed E-state index contributed by atoms with van der Waals surface area (Å²) in [6.45, 7) is 0. The van der Waals surface area contributed by atoms with E-state index >= 15 is 0 Å². The van der Waals surface area contributed by atoms with E-state index in [-0.39, 0.29) is 21.1 Å². The number of hydrogen-bond donors (Lipinski definition) is 0. The van der Waals surface area contributed by atoms with Crippen LogP contribution in [0.2, 0.25) is 0 Å². The third kappa shape index (κ3) is 2.37. The summed E-state index contributed by atoms with van der Waals surface area (Å²) in [6, 6.07) is 0. The SMILES string of the molecule is ClC1=C=C(Cl)CC1.[Pt+2]. The van der Waals surface area contributed by atoms with Crippen LogP contribution in [0.3, 0.4) is 0 Å². The molecule has 0 spiro atoms. The molecule has 0 saturated carbocycles. The number of hydrogen-bond acceptors (Lipinski definition) is 0. The Morgan fingerprint density at radius 3 is 1.62 bits per heavy atom. The normalized spacial score (nSPS) is 16.8. The molecule has 0 aliphatic heterocycles. The number of allylic oxidation sites excluding steroid dienone is 1. The first kappa shape index (κ1) is 8.79. The van der Waals surface area contributed by atoms with Gasteiger partial charge in [0.2, 0.25) is 0 Å². The smallest absolute Gasteiger partial charge is 0.0891 e.